The average molecular weight is 425 g/mol. The predicted octanol–water partition coefficient (Wildman–Crippen LogP) is 4.43. The lowest BCUT2D eigenvalue weighted by Crippen LogP contribution is -2.34. The van der Waals surface area contributed by atoms with Gasteiger partial charge in [0.1, 0.15) is 5.75 Å². The molecule has 2 amide bonds. The molecule has 0 radical (unpaired) electrons. The number of carbonyl (C=O) groups excluding carboxylic acids is 2. The van der Waals surface area contributed by atoms with Crippen molar-refractivity contribution in [3.63, 3.8) is 0 Å². The molecule has 166 valence electrons. The molecule has 0 spiro atoms. The Morgan fingerprint density at radius 1 is 1.16 bits per heavy atom. The number of nitrogens with one attached hydrogen (secondary N) is 2. The standard InChI is InChI=1S/C25H32N2O4/c1-16(2)20-12-11-17(3)14-23(20)31-18(4)24(28)27-22-10-6-5-9-21(22)25(29)26-15-19-8-7-13-30-19/h5-6,9-12,14,16,18-19H,7-8,13,15H2,1-4H3,(H,26,29)(H,27,28)/t18-,19+/m0/s1. The topological polar surface area (TPSA) is 76.7 Å². The van der Waals surface area contributed by atoms with Crippen LogP contribution in [0.2, 0.25) is 0 Å². The molecule has 0 bridgehead atoms. The second-order valence-corrected chi connectivity index (χ2v) is 8.34. The highest BCUT2D eigenvalue weighted by atomic mass is 16.5. The summed E-state index contributed by atoms with van der Waals surface area (Å²) in [4.78, 5) is 25.5. The van der Waals surface area contributed by atoms with Crippen molar-refractivity contribution < 1.29 is 19.1 Å². The van der Waals surface area contributed by atoms with Crippen LogP contribution in [0.3, 0.4) is 0 Å². The number of para-hydroxylation sites is 1. The Balaban J connectivity index is 1.66. The highest BCUT2D eigenvalue weighted by Gasteiger charge is 2.21. The van der Waals surface area contributed by atoms with E-state index in [9.17, 15) is 9.59 Å². The zero-order chi connectivity index (χ0) is 22.4. The molecule has 0 aliphatic carbocycles. The van der Waals surface area contributed by atoms with Crippen LogP contribution in [0.25, 0.3) is 0 Å². The van der Waals surface area contributed by atoms with Crippen molar-refractivity contribution in [1.29, 1.82) is 0 Å². The van der Waals surface area contributed by atoms with Crippen LogP contribution >= 0.6 is 0 Å². The highest BCUT2D eigenvalue weighted by Crippen LogP contribution is 2.28. The summed E-state index contributed by atoms with van der Waals surface area (Å²) in [5.41, 5.74) is 3.00. The molecule has 2 atom stereocenters. The van der Waals surface area contributed by atoms with E-state index in [2.05, 4.69) is 24.5 Å². The molecule has 2 aromatic carbocycles. The number of anilines is 1. The number of carbonyl (C=O) groups is 2. The van der Waals surface area contributed by atoms with Crippen LogP contribution in [0.15, 0.2) is 42.5 Å². The van der Waals surface area contributed by atoms with Crippen molar-refractivity contribution in [2.75, 3.05) is 18.5 Å². The highest BCUT2D eigenvalue weighted by molar-refractivity contribution is 6.04. The Morgan fingerprint density at radius 3 is 2.65 bits per heavy atom. The smallest absolute Gasteiger partial charge is 0.265 e. The van der Waals surface area contributed by atoms with Gasteiger partial charge >= 0.3 is 0 Å². The summed E-state index contributed by atoms with van der Waals surface area (Å²) in [5.74, 6) is 0.440. The molecule has 6 nitrogen and oxygen atoms in total. The van der Waals surface area contributed by atoms with Crippen molar-refractivity contribution in [2.45, 2.75) is 58.7 Å². The molecule has 0 aromatic heterocycles. The second-order valence-electron chi connectivity index (χ2n) is 8.34. The van der Waals surface area contributed by atoms with Gasteiger partial charge in [-0.05, 0) is 61.9 Å². The summed E-state index contributed by atoms with van der Waals surface area (Å²) in [7, 11) is 0. The lowest BCUT2D eigenvalue weighted by molar-refractivity contribution is -0.122. The second kappa shape index (κ2) is 10.4. The fourth-order valence-electron chi connectivity index (χ4n) is 3.60. The summed E-state index contributed by atoms with van der Waals surface area (Å²) in [6.07, 6.45) is 1.31. The van der Waals surface area contributed by atoms with E-state index >= 15 is 0 Å². The van der Waals surface area contributed by atoms with Crippen LogP contribution in [0.4, 0.5) is 5.69 Å². The molecule has 1 aliphatic rings. The molecule has 1 fully saturated rings. The quantitative estimate of drug-likeness (QED) is 0.657. The molecule has 31 heavy (non-hydrogen) atoms. The van der Waals surface area contributed by atoms with Gasteiger partial charge in [-0.1, -0.05) is 38.1 Å². The van der Waals surface area contributed by atoms with E-state index in [1.807, 2.05) is 25.1 Å². The van der Waals surface area contributed by atoms with E-state index in [-0.39, 0.29) is 23.8 Å². The third-order valence-electron chi connectivity index (χ3n) is 5.41. The first-order valence-corrected chi connectivity index (χ1v) is 10.9. The van der Waals surface area contributed by atoms with Crippen molar-refractivity contribution in [2.24, 2.45) is 0 Å². The maximum Gasteiger partial charge on any atom is 0.265 e. The molecular weight excluding hydrogens is 392 g/mol. The number of hydrogen-bond donors (Lipinski definition) is 2. The Labute approximate surface area is 184 Å². The Bertz CT molecular complexity index is 919. The van der Waals surface area contributed by atoms with Gasteiger partial charge in [0.15, 0.2) is 6.10 Å². The summed E-state index contributed by atoms with van der Waals surface area (Å²) in [6.45, 7) is 9.09. The summed E-state index contributed by atoms with van der Waals surface area (Å²) in [5, 5.41) is 5.75. The number of hydrogen-bond acceptors (Lipinski definition) is 4. The first-order valence-electron chi connectivity index (χ1n) is 10.9. The molecule has 1 heterocycles. The largest absolute Gasteiger partial charge is 0.481 e. The van der Waals surface area contributed by atoms with E-state index in [4.69, 9.17) is 9.47 Å². The molecule has 1 saturated heterocycles. The van der Waals surface area contributed by atoms with Gasteiger partial charge in [0.25, 0.3) is 11.8 Å². The first-order chi connectivity index (χ1) is 14.8. The maximum absolute atomic E-state index is 12.8. The van der Waals surface area contributed by atoms with Crippen LogP contribution in [0.1, 0.15) is 61.0 Å². The van der Waals surface area contributed by atoms with Gasteiger partial charge in [0, 0.05) is 13.2 Å². The van der Waals surface area contributed by atoms with E-state index in [0.29, 0.717) is 23.5 Å². The number of ether oxygens (including phenoxy) is 2. The van der Waals surface area contributed by atoms with Crippen LogP contribution in [0.5, 0.6) is 5.75 Å². The Morgan fingerprint density at radius 2 is 1.94 bits per heavy atom. The van der Waals surface area contributed by atoms with Gasteiger partial charge in [-0.2, -0.15) is 0 Å². The third kappa shape index (κ3) is 6.07. The van der Waals surface area contributed by atoms with E-state index < -0.39 is 6.10 Å². The number of rotatable bonds is 8. The van der Waals surface area contributed by atoms with Crippen molar-refractivity contribution in [3.05, 3.63) is 59.2 Å². The van der Waals surface area contributed by atoms with Gasteiger partial charge in [-0.15, -0.1) is 0 Å². The predicted molar refractivity (Wildman–Crippen MR) is 122 cm³/mol. The average Bonchev–Trinajstić information content (AvgIpc) is 3.26. The number of amides is 2. The first kappa shape index (κ1) is 22.8. The Kier molecular flexibility index (Phi) is 7.69. The van der Waals surface area contributed by atoms with E-state index in [1.165, 1.54) is 0 Å². The molecule has 6 heteroatoms. The SMILES string of the molecule is Cc1ccc(C(C)C)c(O[C@@H](C)C(=O)Nc2ccccc2C(=O)NC[C@H]2CCCO2)c1. The zero-order valence-corrected chi connectivity index (χ0v) is 18.7. The molecule has 3 rings (SSSR count). The fourth-order valence-corrected chi connectivity index (χ4v) is 3.60. The molecule has 0 unspecified atom stereocenters. The van der Waals surface area contributed by atoms with Crippen molar-refractivity contribution in [1.82, 2.24) is 5.32 Å². The fraction of sp³-hybridized carbons (Fsp3) is 0.440. The number of aryl methyl sites for hydroxylation is 1. The maximum atomic E-state index is 12.8. The minimum Gasteiger partial charge on any atom is -0.481 e. The van der Waals surface area contributed by atoms with Crippen molar-refractivity contribution >= 4 is 17.5 Å². The Hall–Kier alpha value is -2.86. The molecule has 2 aromatic rings. The molecular formula is C25H32N2O4. The van der Waals surface area contributed by atoms with Crippen LogP contribution in [0, 0.1) is 6.92 Å². The lowest BCUT2D eigenvalue weighted by atomic mass is 10.0. The zero-order valence-electron chi connectivity index (χ0n) is 18.7. The number of benzene rings is 2. The van der Waals surface area contributed by atoms with Gasteiger partial charge < -0.3 is 20.1 Å². The van der Waals surface area contributed by atoms with Gasteiger partial charge in [0.05, 0.1) is 17.4 Å². The van der Waals surface area contributed by atoms with Gasteiger partial charge in [-0.3, -0.25) is 9.59 Å². The minimum absolute atomic E-state index is 0.0589. The van der Waals surface area contributed by atoms with E-state index in [1.54, 1.807) is 31.2 Å². The van der Waals surface area contributed by atoms with Crippen LogP contribution < -0.4 is 15.4 Å². The van der Waals surface area contributed by atoms with Crippen LogP contribution in [-0.4, -0.2) is 37.2 Å². The summed E-state index contributed by atoms with van der Waals surface area (Å²) >= 11 is 0. The molecule has 1 aliphatic heterocycles. The molecule has 0 saturated carbocycles. The lowest BCUT2D eigenvalue weighted by Gasteiger charge is -2.20. The normalized spacial score (nSPS) is 16.7. The van der Waals surface area contributed by atoms with Crippen LogP contribution in [-0.2, 0) is 9.53 Å². The monoisotopic (exact) mass is 424 g/mol. The van der Waals surface area contributed by atoms with Gasteiger partial charge in [0.2, 0.25) is 0 Å². The summed E-state index contributed by atoms with van der Waals surface area (Å²) < 4.78 is 11.6. The molecule has 2 N–H and O–H groups in total. The van der Waals surface area contributed by atoms with Crippen molar-refractivity contribution in [3.8, 4) is 5.75 Å². The summed E-state index contributed by atoms with van der Waals surface area (Å²) in [6, 6.07) is 13.0. The van der Waals surface area contributed by atoms with E-state index in [0.717, 1.165) is 30.6 Å². The van der Waals surface area contributed by atoms with Gasteiger partial charge in [-0.25, -0.2) is 0 Å². The third-order valence-corrected chi connectivity index (χ3v) is 5.41. The minimum atomic E-state index is -0.720.